The Morgan fingerprint density at radius 2 is 1.81 bits per heavy atom. The lowest BCUT2D eigenvalue weighted by Crippen LogP contribution is -2.40. The summed E-state index contributed by atoms with van der Waals surface area (Å²) in [7, 11) is 1.66. The van der Waals surface area contributed by atoms with Gasteiger partial charge in [-0.25, -0.2) is 0 Å². The maximum absolute atomic E-state index is 12.8. The maximum atomic E-state index is 12.8. The van der Waals surface area contributed by atoms with Gasteiger partial charge in [-0.2, -0.15) is 0 Å². The molecule has 0 aromatic heterocycles. The number of hydrogen-bond acceptors (Lipinski definition) is 3. The van der Waals surface area contributed by atoms with Crippen molar-refractivity contribution in [3.8, 4) is 11.5 Å². The molecule has 0 unspecified atom stereocenters. The highest BCUT2D eigenvalue weighted by Crippen LogP contribution is 2.25. The molecule has 4 nitrogen and oxygen atoms in total. The molecule has 0 aliphatic rings. The van der Waals surface area contributed by atoms with Crippen LogP contribution in [-0.4, -0.2) is 19.1 Å². The molecule has 1 amide bonds. The largest absolute Gasteiger partial charge is 0.496 e. The summed E-state index contributed by atoms with van der Waals surface area (Å²) in [6.45, 7) is 7.90. The van der Waals surface area contributed by atoms with Crippen LogP contribution in [0.15, 0.2) is 36.4 Å². The molecule has 2 aromatic carbocycles. The summed E-state index contributed by atoms with van der Waals surface area (Å²) in [5.74, 6) is 1.37. The second-order valence-corrected chi connectivity index (χ2v) is 7.03. The van der Waals surface area contributed by atoms with E-state index in [0.29, 0.717) is 17.2 Å². The number of ether oxygens (including phenoxy) is 2. The highest BCUT2D eigenvalue weighted by molar-refractivity contribution is 6.31. The minimum atomic E-state index is -0.557. The predicted octanol–water partition coefficient (Wildman–Crippen LogP) is 5.39. The summed E-state index contributed by atoms with van der Waals surface area (Å²) in [4.78, 5) is 12.8. The number of hydrogen-bond donors (Lipinski definition) is 1. The molecule has 0 radical (unpaired) electrons. The van der Waals surface area contributed by atoms with Crippen molar-refractivity contribution in [1.82, 2.24) is 5.32 Å². The molecule has 0 aliphatic heterocycles. The molecule has 0 fully saturated rings. The van der Waals surface area contributed by atoms with Gasteiger partial charge in [-0.05, 0) is 67.6 Å². The van der Waals surface area contributed by atoms with Gasteiger partial charge in [0, 0.05) is 5.02 Å². The summed E-state index contributed by atoms with van der Waals surface area (Å²) in [5.41, 5.74) is 3.02. The van der Waals surface area contributed by atoms with Crippen LogP contribution in [0.25, 0.3) is 0 Å². The van der Waals surface area contributed by atoms with Crippen molar-refractivity contribution in [3.05, 3.63) is 58.1 Å². The van der Waals surface area contributed by atoms with Gasteiger partial charge in [-0.1, -0.05) is 37.6 Å². The normalized spacial score (nSPS) is 13.0. The molecule has 0 saturated carbocycles. The third-order valence-corrected chi connectivity index (χ3v) is 5.04. The lowest BCUT2D eigenvalue weighted by Gasteiger charge is -2.23. The number of carbonyl (C=O) groups excluding carboxylic acids is 1. The molecule has 1 N–H and O–H groups in total. The molecule has 2 rings (SSSR count). The second-order valence-electron chi connectivity index (χ2n) is 6.62. The van der Waals surface area contributed by atoms with Crippen LogP contribution in [0.2, 0.25) is 5.02 Å². The maximum Gasteiger partial charge on any atom is 0.261 e. The summed E-state index contributed by atoms with van der Waals surface area (Å²) < 4.78 is 11.2. The van der Waals surface area contributed by atoms with E-state index in [-0.39, 0.29) is 11.9 Å². The van der Waals surface area contributed by atoms with Gasteiger partial charge < -0.3 is 14.8 Å². The number of aryl methyl sites for hydroxylation is 2. The van der Waals surface area contributed by atoms with Crippen LogP contribution in [0.5, 0.6) is 11.5 Å². The van der Waals surface area contributed by atoms with Crippen LogP contribution in [-0.2, 0) is 4.79 Å². The highest BCUT2D eigenvalue weighted by Gasteiger charge is 2.22. The first kappa shape index (κ1) is 21.1. The van der Waals surface area contributed by atoms with E-state index in [9.17, 15) is 4.79 Å². The number of benzene rings is 2. The second kappa shape index (κ2) is 9.65. The Labute approximate surface area is 166 Å². The summed E-state index contributed by atoms with van der Waals surface area (Å²) in [6, 6.07) is 11.3. The lowest BCUT2D eigenvalue weighted by atomic mass is 10.0. The lowest BCUT2D eigenvalue weighted by molar-refractivity contribution is -0.128. The first-order chi connectivity index (χ1) is 12.9. The third-order valence-electron chi connectivity index (χ3n) is 4.62. The number of carbonyl (C=O) groups is 1. The Bertz CT molecular complexity index is 791. The molecule has 0 heterocycles. The Balaban J connectivity index is 2.11. The fraction of sp³-hybridized carbons (Fsp3) is 0.409. The smallest absolute Gasteiger partial charge is 0.261 e. The number of rotatable bonds is 8. The van der Waals surface area contributed by atoms with Crippen LogP contribution >= 0.6 is 11.6 Å². The Morgan fingerprint density at radius 1 is 1.07 bits per heavy atom. The molecule has 27 heavy (non-hydrogen) atoms. The monoisotopic (exact) mass is 389 g/mol. The summed E-state index contributed by atoms with van der Waals surface area (Å²) in [5, 5.41) is 3.80. The minimum Gasteiger partial charge on any atom is -0.496 e. The van der Waals surface area contributed by atoms with Crippen LogP contribution in [0.1, 0.15) is 49.4 Å². The zero-order valence-electron chi connectivity index (χ0n) is 16.6. The van der Waals surface area contributed by atoms with Gasteiger partial charge in [-0.15, -0.1) is 0 Å². The van der Waals surface area contributed by atoms with Gasteiger partial charge in [0.1, 0.15) is 11.5 Å². The van der Waals surface area contributed by atoms with Crippen molar-refractivity contribution in [2.75, 3.05) is 7.11 Å². The van der Waals surface area contributed by atoms with E-state index in [4.69, 9.17) is 21.1 Å². The van der Waals surface area contributed by atoms with E-state index in [0.717, 1.165) is 28.9 Å². The number of halogens is 1. The molecule has 2 aromatic rings. The Kier molecular flexibility index (Phi) is 7.55. The quantitative estimate of drug-likeness (QED) is 0.658. The molecular weight excluding hydrogens is 362 g/mol. The van der Waals surface area contributed by atoms with Crippen molar-refractivity contribution in [3.63, 3.8) is 0 Å². The molecule has 0 aliphatic carbocycles. The van der Waals surface area contributed by atoms with Gasteiger partial charge in [0.05, 0.1) is 13.2 Å². The van der Waals surface area contributed by atoms with Gasteiger partial charge >= 0.3 is 0 Å². The summed E-state index contributed by atoms with van der Waals surface area (Å²) in [6.07, 6.45) is 0.804. The van der Waals surface area contributed by atoms with Gasteiger partial charge in [0.2, 0.25) is 0 Å². The number of nitrogens with one attached hydrogen (secondary N) is 1. The fourth-order valence-electron chi connectivity index (χ4n) is 2.98. The average molecular weight is 390 g/mol. The zero-order valence-corrected chi connectivity index (χ0v) is 17.4. The van der Waals surface area contributed by atoms with Crippen LogP contribution in [0.3, 0.4) is 0 Å². The predicted molar refractivity (Wildman–Crippen MR) is 110 cm³/mol. The topological polar surface area (TPSA) is 47.6 Å². The van der Waals surface area contributed by atoms with Crippen molar-refractivity contribution < 1.29 is 14.3 Å². The highest BCUT2D eigenvalue weighted by atomic mass is 35.5. The Morgan fingerprint density at radius 3 is 2.37 bits per heavy atom. The molecule has 146 valence electrons. The fourth-order valence-corrected chi connectivity index (χ4v) is 3.10. The molecule has 0 spiro atoms. The first-order valence-corrected chi connectivity index (χ1v) is 9.65. The van der Waals surface area contributed by atoms with Crippen LogP contribution in [0.4, 0.5) is 0 Å². The standard InChI is InChI=1S/C22H28ClNO3/c1-6-19(16-8-11-21(26-5)15(4)12-16)24-22(25)20(7-2)27-17-9-10-18(23)14(3)13-17/h8-13,19-20H,6-7H2,1-5H3,(H,24,25)/t19-,20+/m0/s1. The number of methoxy groups -OCH3 is 1. The first-order valence-electron chi connectivity index (χ1n) is 9.27. The van der Waals surface area contributed by atoms with Gasteiger partial charge in [0.15, 0.2) is 6.10 Å². The Hall–Kier alpha value is -2.20. The van der Waals surface area contributed by atoms with Crippen molar-refractivity contribution in [2.24, 2.45) is 0 Å². The third kappa shape index (κ3) is 5.39. The molecule has 0 bridgehead atoms. The van der Waals surface area contributed by atoms with Gasteiger partial charge in [-0.3, -0.25) is 4.79 Å². The van der Waals surface area contributed by atoms with Crippen molar-refractivity contribution >= 4 is 17.5 Å². The van der Waals surface area contributed by atoms with Crippen LogP contribution in [0, 0.1) is 13.8 Å². The molecule has 2 atom stereocenters. The van der Waals surface area contributed by atoms with E-state index in [1.54, 1.807) is 19.2 Å². The molecule has 0 saturated heterocycles. The van der Waals surface area contributed by atoms with Gasteiger partial charge in [0.25, 0.3) is 5.91 Å². The number of amides is 1. The molecular formula is C22H28ClNO3. The average Bonchev–Trinajstić information content (AvgIpc) is 2.66. The zero-order chi connectivity index (χ0) is 20.0. The van der Waals surface area contributed by atoms with Crippen molar-refractivity contribution in [1.29, 1.82) is 0 Å². The van der Waals surface area contributed by atoms with E-state index in [1.807, 2.05) is 39.0 Å². The SMILES string of the molecule is CC[C@H](NC(=O)[C@@H](CC)Oc1ccc(Cl)c(C)c1)c1ccc(OC)c(C)c1. The minimum absolute atomic E-state index is 0.0771. The van der Waals surface area contributed by atoms with E-state index in [2.05, 4.69) is 18.3 Å². The molecule has 5 heteroatoms. The van der Waals surface area contributed by atoms with E-state index in [1.165, 1.54) is 0 Å². The van der Waals surface area contributed by atoms with E-state index < -0.39 is 6.10 Å². The van der Waals surface area contributed by atoms with Crippen LogP contribution < -0.4 is 14.8 Å². The van der Waals surface area contributed by atoms with Crippen molar-refractivity contribution in [2.45, 2.75) is 52.7 Å². The van der Waals surface area contributed by atoms with E-state index >= 15 is 0 Å². The summed E-state index contributed by atoms with van der Waals surface area (Å²) >= 11 is 6.06.